The maximum absolute atomic E-state index is 13.5. The third kappa shape index (κ3) is 4.37. The zero-order chi connectivity index (χ0) is 22.7. The summed E-state index contributed by atoms with van der Waals surface area (Å²) in [7, 11) is 1.57. The normalized spacial score (nSPS) is 17.5. The Balaban J connectivity index is 1.66. The predicted octanol–water partition coefficient (Wildman–Crippen LogP) is 1.72. The number of rotatable bonds is 7. The van der Waals surface area contributed by atoms with E-state index < -0.39 is 0 Å². The Morgan fingerprint density at radius 3 is 2.19 bits per heavy atom. The molecule has 0 atom stereocenters. The summed E-state index contributed by atoms with van der Waals surface area (Å²) in [4.78, 5) is 32.2. The lowest BCUT2D eigenvalue weighted by atomic mass is 10.0. The number of ether oxygens (including phenoxy) is 1. The third-order valence-electron chi connectivity index (χ3n) is 5.88. The summed E-state index contributed by atoms with van der Waals surface area (Å²) < 4.78 is 18.5. The van der Waals surface area contributed by atoms with Crippen LogP contribution in [-0.4, -0.2) is 78.1 Å². The van der Waals surface area contributed by atoms with Gasteiger partial charge in [0.25, 0.3) is 11.8 Å². The molecule has 0 aliphatic carbocycles. The molecular weight excluding hydrogens is 413 g/mol. The van der Waals surface area contributed by atoms with Crippen LogP contribution in [0.5, 0.6) is 5.75 Å². The minimum absolute atomic E-state index is 0.0750. The Hall–Kier alpha value is -3.23. The van der Waals surface area contributed by atoms with E-state index in [1.807, 2.05) is 4.90 Å². The first-order valence-corrected chi connectivity index (χ1v) is 10.6. The first kappa shape index (κ1) is 22.0. The summed E-state index contributed by atoms with van der Waals surface area (Å²) in [6, 6.07) is 12.9. The summed E-state index contributed by atoms with van der Waals surface area (Å²) in [5.41, 5.74) is 2.09. The summed E-state index contributed by atoms with van der Waals surface area (Å²) in [5.74, 6) is -0.419. The zero-order valence-electron chi connectivity index (χ0n) is 18.0. The molecule has 0 saturated carbocycles. The minimum atomic E-state index is -0.369. The molecule has 0 radical (unpaired) electrons. The number of β-amino-alcohol motifs (C(OH)–C–C–N with tert-alkyl or cyclic N) is 1. The fraction of sp³-hybridized carbons (Fsp3) is 0.333. The third-order valence-corrected chi connectivity index (χ3v) is 5.88. The molecule has 2 heterocycles. The largest absolute Gasteiger partial charge is 0.497 e. The molecule has 0 bridgehead atoms. The number of aliphatic hydroxyl groups excluding tert-OH is 1. The molecule has 2 aliphatic heterocycles. The molecule has 2 amide bonds. The predicted molar refractivity (Wildman–Crippen MR) is 117 cm³/mol. The molecule has 168 valence electrons. The number of benzene rings is 2. The molecule has 1 saturated heterocycles. The number of halogens is 1. The average Bonchev–Trinajstić information content (AvgIpc) is 3.06. The average molecular weight is 439 g/mol. The van der Waals surface area contributed by atoms with Gasteiger partial charge in [-0.15, -0.1) is 0 Å². The second kappa shape index (κ2) is 9.50. The summed E-state index contributed by atoms with van der Waals surface area (Å²) >= 11 is 0. The van der Waals surface area contributed by atoms with Crippen LogP contribution in [0.4, 0.5) is 4.39 Å². The fourth-order valence-corrected chi connectivity index (χ4v) is 4.13. The highest BCUT2D eigenvalue weighted by molar-refractivity contribution is 6.35. The molecule has 32 heavy (non-hydrogen) atoms. The Kier molecular flexibility index (Phi) is 6.53. The van der Waals surface area contributed by atoms with Gasteiger partial charge in [-0.25, -0.2) is 4.39 Å². The van der Waals surface area contributed by atoms with Gasteiger partial charge in [-0.1, -0.05) is 24.3 Å². The molecule has 1 N–H and O–H groups in total. The van der Waals surface area contributed by atoms with Crippen LogP contribution in [0.1, 0.15) is 11.1 Å². The number of carbonyl (C=O) groups is 2. The Morgan fingerprint density at radius 1 is 0.938 bits per heavy atom. The van der Waals surface area contributed by atoms with Crippen LogP contribution in [0.2, 0.25) is 0 Å². The van der Waals surface area contributed by atoms with Gasteiger partial charge in [0, 0.05) is 32.7 Å². The monoisotopic (exact) mass is 439 g/mol. The second-order valence-corrected chi connectivity index (χ2v) is 7.83. The first-order chi connectivity index (χ1) is 15.5. The Morgan fingerprint density at radius 2 is 1.59 bits per heavy atom. The molecule has 1 fully saturated rings. The molecule has 0 spiro atoms. The van der Waals surface area contributed by atoms with Crippen LogP contribution >= 0.6 is 0 Å². The number of hydrogen-bond acceptors (Lipinski definition) is 6. The van der Waals surface area contributed by atoms with E-state index in [1.54, 1.807) is 43.5 Å². The number of nitrogens with zero attached hydrogens (tertiary/aromatic N) is 3. The van der Waals surface area contributed by atoms with E-state index in [1.165, 1.54) is 17.0 Å². The topological polar surface area (TPSA) is 73.3 Å². The van der Waals surface area contributed by atoms with E-state index in [0.717, 1.165) is 0 Å². The lowest BCUT2D eigenvalue weighted by Gasteiger charge is -2.36. The van der Waals surface area contributed by atoms with Crippen LogP contribution in [-0.2, 0) is 16.1 Å². The van der Waals surface area contributed by atoms with E-state index >= 15 is 0 Å². The van der Waals surface area contributed by atoms with Crippen molar-refractivity contribution in [2.45, 2.75) is 6.54 Å². The highest BCUT2D eigenvalue weighted by Crippen LogP contribution is 2.34. The van der Waals surface area contributed by atoms with Crippen molar-refractivity contribution in [3.63, 3.8) is 0 Å². The van der Waals surface area contributed by atoms with Crippen molar-refractivity contribution in [1.82, 2.24) is 14.7 Å². The zero-order valence-corrected chi connectivity index (χ0v) is 18.0. The van der Waals surface area contributed by atoms with Crippen LogP contribution in [0.3, 0.4) is 0 Å². The number of methoxy groups -OCH3 is 1. The summed E-state index contributed by atoms with van der Waals surface area (Å²) in [6.07, 6.45) is 0. The molecule has 0 aromatic heterocycles. The Labute approximate surface area is 186 Å². The molecule has 7 nitrogen and oxygen atoms in total. The van der Waals surface area contributed by atoms with Gasteiger partial charge in [-0.2, -0.15) is 0 Å². The summed E-state index contributed by atoms with van der Waals surface area (Å²) in [5, 5.41) is 9.19. The SMILES string of the molecule is COc1ccc(C2=C(N3CCN(CCO)CC3)C(=O)N(Cc3ccc(F)cc3)C2=O)cc1. The van der Waals surface area contributed by atoms with Gasteiger partial charge in [0.15, 0.2) is 0 Å². The number of hydrogen-bond donors (Lipinski definition) is 1. The smallest absolute Gasteiger partial charge is 0.278 e. The maximum atomic E-state index is 13.5. The molecule has 4 rings (SSSR count). The van der Waals surface area contributed by atoms with Crippen molar-refractivity contribution < 1.29 is 23.8 Å². The van der Waals surface area contributed by atoms with Crippen molar-refractivity contribution in [2.24, 2.45) is 0 Å². The van der Waals surface area contributed by atoms with Gasteiger partial charge in [-0.3, -0.25) is 19.4 Å². The van der Waals surface area contributed by atoms with E-state index in [2.05, 4.69) is 4.90 Å². The van der Waals surface area contributed by atoms with Crippen molar-refractivity contribution in [3.05, 3.63) is 71.2 Å². The molecule has 2 aromatic carbocycles. The van der Waals surface area contributed by atoms with Crippen LogP contribution in [0, 0.1) is 5.82 Å². The molecular formula is C24H26FN3O4. The van der Waals surface area contributed by atoms with Gasteiger partial charge >= 0.3 is 0 Å². The van der Waals surface area contributed by atoms with Crippen molar-refractivity contribution in [3.8, 4) is 5.75 Å². The van der Waals surface area contributed by atoms with Crippen LogP contribution in [0.25, 0.3) is 5.57 Å². The highest BCUT2D eigenvalue weighted by Gasteiger charge is 2.42. The van der Waals surface area contributed by atoms with Crippen molar-refractivity contribution in [2.75, 3.05) is 46.4 Å². The van der Waals surface area contributed by atoms with E-state index in [9.17, 15) is 19.1 Å². The van der Waals surface area contributed by atoms with Gasteiger partial charge in [0.1, 0.15) is 17.3 Å². The van der Waals surface area contributed by atoms with Gasteiger partial charge in [0.05, 0.1) is 25.8 Å². The molecule has 0 unspecified atom stereocenters. The lowest BCUT2D eigenvalue weighted by Crippen LogP contribution is -2.48. The van der Waals surface area contributed by atoms with E-state index in [4.69, 9.17) is 4.74 Å². The Bertz CT molecular complexity index is 1010. The van der Waals surface area contributed by atoms with E-state index in [0.29, 0.717) is 60.9 Å². The lowest BCUT2D eigenvalue weighted by molar-refractivity contribution is -0.138. The van der Waals surface area contributed by atoms with Crippen LogP contribution in [0.15, 0.2) is 54.2 Å². The minimum Gasteiger partial charge on any atom is -0.497 e. The number of carbonyl (C=O) groups excluding carboxylic acids is 2. The number of aliphatic hydroxyl groups is 1. The second-order valence-electron chi connectivity index (χ2n) is 7.83. The number of piperazine rings is 1. The summed E-state index contributed by atoms with van der Waals surface area (Å²) in [6.45, 7) is 3.30. The quantitative estimate of drug-likeness (QED) is 0.663. The number of amides is 2. The van der Waals surface area contributed by atoms with Gasteiger partial charge in [-0.05, 0) is 35.4 Å². The number of imide groups is 1. The van der Waals surface area contributed by atoms with E-state index in [-0.39, 0.29) is 30.8 Å². The highest BCUT2D eigenvalue weighted by atomic mass is 19.1. The molecule has 2 aliphatic rings. The van der Waals surface area contributed by atoms with Crippen molar-refractivity contribution in [1.29, 1.82) is 0 Å². The fourth-order valence-electron chi connectivity index (χ4n) is 4.13. The van der Waals surface area contributed by atoms with Gasteiger partial charge < -0.3 is 14.7 Å². The standard InChI is InChI=1S/C24H26FN3O4/c1-32-20-8-4-18(5-9-20)21-22(27-12-10-26(11-13-27)14-15-29)24(31)28(23(21)30)16-17-2-6-19(25)7-3-17/h2-9,29H,10-16H2,1H3. The first-order valence-electron chi connectivity index (χ1n) is 10.6. The van der Waals surface area contributed by atoms with Gasteiger partial charge in [0.2, 0.25) is 0 Å². The maximum Gasteiger partial charge on any atom is 0.278 e. The van der Waals surface area contributed by atoms with Crippen molar-refractivity contribution >= 4 is 17.4 Å². The van der Waals surface area contributed by atoms with Crippen LogP contribution < -0.4 is 4.74 Å². The molecule has 2 aromatic rings. The molecule has 8 heteroatoms.